The molecule has 0 spiro atoms. The van der Waals surface area contributed by atoms with Gasteiger partial charge in [-0.2, -0.15) is 0 Å². The minimum absolute atomic E-state index is 0.0779. The van der Waals surface area contributed by atoms with Crippen LogP contribution in [-0.2, 0) is 35.6 Å². The lowest BCUT2D eigenvalue weighted by Gasteiger charge is -2.25. The lowest BCUT2D eigenvalue weighted by atomic mass is 9.87. The zero-order chi connectivity index (χ0) is 50.5. The summed E-state index contributed by atoms with van der Waals surface area (Å²) in [7, 11) is -6.89. The zero-order valence-corrected chi connectivity index (χ0v) is 44.9. The van der Waals surface area contributed by atoms with E-state index in [1.165, 1.54) is 13.8 Å². The summed E-state index contributed by atoms with van der Waals surface area (Å²) in [6, 6.07) is 54.6. The van der Waals surface area contributed by atoms with Crippen molar-refractivity contribution in [3.05, 3.63) is 197 Å². The SMILES string of the molecule is CC(=O)/C(=C(/C)O)c1cc(-c2cccc(P(=O)(c3ccc(C(C)(C)C)cc3)c3ccc(C(C)(C)C)cc3)c2)cc(-c2cccc(P(=O)(c3ccc(C(C)(C)C)cc3)c3ccc(C(C)(C)C)cc3)c2)c1. The van der Waals surface area contributed by atoms with Crippen molar-refractivity contribution in [1.29, 1.82) is 0 Å². The maximum atomic E-state index is 16.2. The molecule has 1 N–H and O–H groups in total. The Bertz CT molecular complexity index is 2820. The van der Waals surface area contributed by atoms with Crippen molar-refractivity contribution in [2.24, 2.45) is 0 Å². The van der Waals surface area contributed by atoms with Gasteiger partial charge in [0.25, 0.3) is 0 Å². The number of carbonyl (C=O) groups is 1. The van der Waals surface area contributed by atoms with Crippen molar-refractivity contribution < 1.29 is 19.0 Å². The van der Waals surface area contributed by atoms with Gasteiger partial charge in [0, 0.05) is 31.8 Å². The van der Waals surface area contributed by atoms with Crippen LogP contribution in [0.3, 0.4) is 0 Å². The molecule has 0 radical (unpaired) electrons. The Morgan fingerprint density at radius 1 is 0.362 bits per heavy atom. The largest absolute Gasteiger partial charge is 0.512 e. The summed E-state index contributed by atoms with van der Waals surface area (Å²) in [5, 5.41) is 15.4. The van der Waals surface area contributed by atoms with Gasteiger partial charge < -0.3 is 14.2 Å². The van der Waals surface area contributed by atoms with Crippen molar-refractivity contribution in [2.75, 3.05) is 0 Å². The van der Waals surface area contributed by atoms with Gasteiger partial charge in [0.15, 0.2) is 20.1 Å². The smallest absolute Gasteiger partial charge is 0.171 e. The van der Waals surface area contributed by atoms with Crippen LogP contribution in [0.2, 0.25) is 0 Å². The van der Waals surface area contributed by atoms with E-state index < -0.39 is 14.3 Å². The van der Waals surface area contributed by atoms with Crippen LogP contribution < -0.4 is 31.8 Å². The van der Waals surface area contributed by atoms with Gasteiger partial charge in [-0.3, -0.25) is 4.79 Å². The summed E-state index contributed by atoms with van der Waals surface area (Å²) in [4.78, 5) is 13.3. The van der Waals surface area contributed by atoms with E-state index in [4.69, 9.17) is 0 Å². The van der Waals surface area contributed by atoms with E-state index in [2.05, 4.69) is 138 Å². The standard InChI is InChI=1S/C63H70O4P2/c1-42(64)59(43(2)65)48-38-46(44-17-15-19-57(40-44)68(66,53-29-21-49(22-30-53)60(3,4)5)54-31-23-50(24-32-54)61(6,7)8)37-47(39-48)45-18-16-20-58(41-45)69(67,55-33-25-51(26-34-55)62(9,10)11)56-35-27-52(28-36-56)63(12,13)14/h15-41,64H,1-14H3/b59-42+. The van der Waals surface area contributed by atoms with Crippen molar-refractivity contribution in [2.45, 2.75) is 119 Å². The molecule has 0 aliphatic heterocycles. The van der Waals surface area contributed by atoms with Gasteiger partial charge in [0.05, 0.1) is 5.57 Å². The summed E-state index contributed by atoms with van der Waals surface area (Å²) in [5.74, 6) is -0.360. The molecule has 0 unspecified atom stereocenters. The van der Waals surface area contributed by atoms with Crippen LogP contribution in [0.15, 0.2) is 170 Å². The Kier molecular flexibility index (Phi) is 13.9. The number of ketones is 1. The van der Waals surface area contributed by atoms with Gasteiger partial charge >= 0.3 is 0 Å². The maximum absolute atomic E-state index is 16.2. The van der Waals surface area contributed by atoms with Crippen molar-refractivity contribution >= 4 is 57.5 Å². The minimum Gasteiger partial charge on any atom is -0.512 e. The second kappa shape index (κ2) is 18.8. The molecule has 0 aliphatic carbocycles. The molecular formula is C63H70O4P2. The fraction of sp³-hybridized carbons (Fsp3) is 0.286. The molecule has 7 aromatic carbocycles. The summed E-state index contributed by atoms with van der Waals surface area (Å²) < 4.78 is 32.3. The highest BCUT2D eigenvalue weighted by atomic mass is 31.2. The number of hydrogen-bond donors (Lipinski definition) is 1. The predicted molar refractivity (Wildman–Crippen MR) is 297 cm³/mol. The van der Waals surface area contributed by atoms with Crippen LogP contribution in [0.25, 0.3) is 27.8 Å². The lowest BCUT2D eigenvalue weighted by molar-refractivity contribution is -0.111. The molecule has 69 heavy (non-hydrogen) atoms. The summed E-state index contributed by atoms with van der Waals surface area (Å²) in [6.45, 7) is 29.1. The average Bonchev–Trinajstić information content (AvgIpc) is 3.30. The normalized spacial score (nSPS) is 13.2. The predicted octanol–water partition coefficient (Wildman–Crippen LogP) is 14.4. The summed E-state index contributed by atoms with van der Waals surface area (Å²) in [6.07, 6.45) is 0. The first-order valence-electron chi connectivity index (χ1n) is 24.0. The van der Waals surface area contributed by atoms with E-state index >= 15 is 9.13 Å². The third-order valence-corrected chi connectivity index (χ3v) is 19.5. The lowest BCUT2D eigenvalue weighted by Crippen LogP contribution is -2.26. The van der Waals surface area contributed by atoms with Gasteiger partial charge in [-0.15, -0.1) is 0 Å². The molecule has 0 fully saturated rings. The van der Waals surface area contributed by atoms with Crippen LogP contribution in [0, 0.1) is 0 Å². The number of carbonyl (C=O) groups excluding carboxylic acids is 1. The van der Waals surface area contributed by atoms with Crippen LogP contribution in [0.5, 0.6) is 0 Å². The number of allylic oxidation sites excluding steroid dienone is 2. The molecule has 0 atom stereocenters. The van der Waals surface area contributed by atoms with Crippen molar-refractivity contribution in [3.8, 4) is 22.3 Å². The van der Waals surface area contributed by atoms with E-state index in [1.54, 1.807) is 0 Å². The molecule has 7 rings (SSSR count). The number of benzene rings is 7. The first kappa shape index (κ1) is 51.1. The molecule has 0 amide bonds. The van der Waals surface area contributed by atoms with E-state index in [-0.39, 0.29) is 38.8 Å². The van der Waals surface area contributed by atoms with Crippen LogP contribution in [-0.4, -0.2) is 10.9 Å². The molecule has 356 valence electrons. The van der Waals surface area contributed by atoms with E-state index in [0.717, 1.165) is 65.7 Å². The fourth-order valence-electron chi connectivity index (χ4n) is 9.11. The summed E-state index contributed by atoms with van der Waals surface area (Å²) >= 11 is 0. The first-order chi connectivity index (χ1) is 32.1. The minimum atomic E-state index is -3.44. The molecular weight excluding hydrogens is 883 g/mol. The highest BCUT2D eigenvalue weighted by Crippen LogP contribution is 2.46. The van der Waals surface area contributed by atoms with Gasteiger partial charge in [-0.25, -0.2) is 0 Å². The second-order valence-electron chi connectivity index (χ2n) is 22.8. The average molecular weight is 953 g/mol. The van der Waals surface area contributed by atoms with Gasteiger partial charge in [-0.05, 0) is 116 Å². The Morgan fingerprint density at radius 3 is 0.870 bits per heavy atom. The maximum Gasteiger partial charge on any atom is 0.171 e. The number of aliphatic hydroxyl groups excluding tert-OH is 1. The summed E-state index contributed by atoms with van der Waals surface area (Å²) in [5.41, 5.74) is 8.20. The van der Waals surface area contributed by atoms with Crippen molar-refractivity contribution in [3.63, 3.8) is 0 Å². The molecule has 4 nitrogen and oxygen atoms in total. The number of aliphatic hydroxyl groups is 1. The molecule has 0 saturated heterocycles. The van der Waals surface area contributed by atoms with E-state index in [1.807, 2.05) is 109 Å². The third kappa shape index (κ3) is 10.5. The molecule has 0 saturated carbocycles. The molecule has 0 heterocycles. The number of rotatable bonds is 10. The van der Waals surface area contributed by atoms with Gasteiger partial charge in [0.1, 0.15) is 5.76 Å². The molecule has 6 heteroatoms. The third-order valence-electron chi connectivity index (χ3n) is 13.4. The second-order valence-corrected chi connectivity index (χ2v) is 28.4. The van der Waals surface area contributed by atoms with Crippen molar-refractivity contribution in [1.82, 2.24) is 0 Å². The Labute approximate surface area is 412 Å². The molecule has 0 aliphatic rings. The molecule has 0 aromatic heterocycles. The Hall–Kier alpha value is -5.79. The number of hydrogen-bond acceptors (Lipinski definition) is 4. The van der Waals surface area contributed by atoms with E-state index in [9.17, 15) is 9.90 Å². The zero-order valence-electron chi connectivity index (χ0n) is 43.2. The molecule has 0 bridgehead atoms. The van der Waals surface area contributed by atoms with Crippen LogP contribution >= 0.6 is 14.3 Å². The highest BCUT2D eigenvalue weighted by molar-refractivity contribution is 7.85. The van der Waals surface area contributed by atoms with Crippen LogP contribution in [0.4, 0.5) is 0 Å². The monoisotopic (exact) mass is 952 g/mol. The van der Waals surface area contributed by atoms with Gasteiger partial charge in [0.2, 0.25) is 0 Å². The highest BCUT2D eigenvalue weighted by Gasteiger charge is 2.33. The Morgan fingerprint density at radius 2 is 0.638 bits per heavy atom. The van der Waals surface area contributed by atoms with Crippen LogP contribution in [0.1, 0.15) is 125 Å². The van der Waals surface area contributed by atoms with Gasteiger partial charge in [-0.1, -0.05) is 217 Å². The topological polar surface area (TPSA) is 71.4 Å². The number of Topliss-reactive ketones (excluding diaryl/α,β-unsaturated/α-hetero) is 1. The molecule has 7 aromatic rings. The first-order valence-corrected chi connectivity index (χ1v) is 27.5. The Balaban J connectivity index is 1.43. The fourth-order valence-corrected chi connectivity index (χ4v) is 14.4. The van der Waals surface area contributed by atoms with E-state index in [0.29, 0.717) is 16.2 Å². The quantitative estimate of drug-likeness (QED) is 0.0842.